The lowest BCUT2D eigenvalue weighted by Gasteiger charge is -2.12. The number of rotatable bonds is 3. The van der Waals surface area contributed by atoms with E-state index < -0.39 is 0 Å². The Morgan fingerprint density at radius 1 is 1.31 bits per heavy atom. The maximum atomic E-state index is 6.15. The fraction of sp³-hybridized carbons (Fsp3) is 0.400. The van der Waals surface area contributed by atoms with Crippen LogP contribution >= 0.6 is 27.5 Å². The fourth-order valence-electron chi connectivity index (χ4n) is 1.05. The van der Waals surface area contributed by atoms with E-state index in [2.05, 4.69) is 15.9 Å². The zero-order valence-corrected chi connectivity index (χ0v) is 9.97. The van der Waals surface area contributed by atoms with Crippen LogP contribution in [0.3, 0.4) is 0 Å². The van der Waals surface area contributed by atoms with Gasteiger partial charge >= 0.3 is 0 Å². The normalized spacial score (nSPS) is 15.1. The van der Waals surface area contributed by atoms with Crippen LogP contribution in [-0.2, 0) is 0 Å². The predicted molar refractivity (Wildman–Crippen MR) is 60.0 cm³/mol. The van der Waals surface area contributed by atoms with Crippen molar-refractivity contribution in [2.75, 3.05) is 7.11 Å². The SMILES string of the molecule is COc1ccc(C(Cl)C(C)Br)cc1. The molecule has 0 aromatic heterocycles. The van der Waals surface area contributed by atoms with Crippen molar-refractivity contribution in [3.05, 3.63) is 29.8 Å². The van der Waals surface area contributed by atoms with Gasteiger partial charge in [-0.15, -0.1) is 11.6 Å². The van der Waals surface area contributed by atoms with Crippen LogP contribution in [0.25, 0.3) is 0 Å². The average Bonchev–Trinajstić information content (AvgIpc) is 2.17. The first-order chi connectivity index (χ1) is 6.15. The van der Waals surface area contributed by atoms with E-state index in [1.165, 1.54) is 0 Å². The highest BCUT2D eigenvalue weighted by atomic mass is 79.9. The van der Waals surface area contributed by atoms with Crippen molar-refractivity contribution in [3.8, 4) is 5.75 Å². The molecule has 0 saturated carbocycles. The van der Waals surface area contributed by atoms with Gasteiger partial charge in [-0.05, 0) is 17.7 Å². The topological polar surface area (TPSA) is 9.23 Å². The third-order valence-corrected chi connectivity index (χ3v) is 3.30. The number of methoxy groups -OCH3 is 1. The molecule has 0 aliphatic rings. The molecule has 72 valence electrons. The Balaban J connectivity index is 2.79. The molecule has 0 fully saturated rings. The van der Waals surface area contributed by atoms with Gasteiger partial charge in [0.1, 0.15) is 5.75 Å². The molecule has 0 radical (unpaired) electrons. The van der Waals surface area contributed by atoms with Crippen molar-refractivity contribution in [2.45, 2.75) is 17.1 Å². The van der Waals surface area contributed by atoms with Gasteiger partial charge in [-0.3, -0.25) is 0 Å². The molecule has 0 amide bonds. The predicted octanol–water partition coefficient (Wildman–Crippen LogP) is 3.76. The van der Waals surface area contributed by atoms with Crippen LogP contribution in [0, 0.1) is 0 Å². The van der Waals surface area contributed by atoms with Crippen molar-refractivity contribution in [3.63, 3.8) is 0 Å². The first-order valence-corrected chi connectivity index (χ1v) is 5.42. The molecule has 2 unspecified atom stereocenters. The van der Waals surface area contributed by atoms with Crippen LogP contribution in [0.4, 0.5) is 0 Å². The van der Waals surface area contributed by atoms with Crippen LogP contribution in [0.2, 0.25) is 0 Å². The highest BCUT2D eigenvalue weighted by Crippen LogP contribution is 2.29. The van der Waals surface area contributed by atoms with E-state index in [0.29, 0.717) is 0 Å². The Morgan fingerprint density at radius 2 is 1.85 bits per heavy atom. The summed E-state index contributed by atoms with van der Waals surface area (Å²) in [6.07, 6.45) is 0. The Morgan fingerprint density at radius 3 is 2.23 bits per heavy atom. The largest absolute Gasteiger partial charge is 0.497 e. The van der Waals surface area contributed by atoms with Gasteiger partial charge in [0.25, 0.3) is 0 Å². The molecule has 0 heterocycles. The monoisotopic (exact) mass is 262 g/mol. The minimum atomic E-state index is 0.00547. The van der Waals surface area contributed by atoms with E-state index in [-0.39, 0.29) is 10.2 Å². The van der Waals surface area contributed by atoms with Gasteiger partial charge in [0.05, 0.1) is 12.5 Å². The second-order valence-corrected chi connectivity index (χ2v) is 4.77. The molecule has 0 saturated heterocycles. The summed E-state index contributed by atoms with van der Waals surface area (Å²) in [7, 11) is 1.65. The van der Waals surface area contributed by atoms with Gasteiger partial charge in [0.2, 0.25) is 0 Å². The molecule has 2 atom stereocenters. The highest BCUT2D eigenvalue weighted by Gasteiger charge is 2.12. The van der Waals surface area contributed by atoms with Gasteiger partial charge in [-0.1, -0.05) is 35.0 Å². The summed E-state index contributed by atoms with van der Waals surface area (Å²) in [6, 6.07) is 7.79. The van der Waals surface area contributed by atoms with Gasteiger partial charge < -0.3 is 4.74 Å². The summed E-state index contributed by atoms with van der Waals surface area (Å²) >= 11 is 9.60. The van der Waals surface area contributed by atoms with E-state index >= 15 is 0 Å². The van der Waals surface area contributed by atoms with Gasteiger partial charge in [0.15, 0.2) is 0 Å². The number of ether oxygens (including phenoxy) is 1. The van der Waals surface area contributed by atoms with Crippen molar-refractivity contribution < 1.29 is 4.74 Å². The molecule has 0 aliphatic carbocycles. The van der Waals surface area contributed by atoms with Gasteiger partial charge in [-0.25, -0.2) is 0 Å². The number of halogens is 2. The number of hydrogen-bond donors (Lipinski definition) is 0. The molecule has 1 aromatic rings. The second-order valence-electron chi connectivity index (χ2n) is 2.85. The lowest BCUT2D eigenvalue weighted by molar-refractivity contribution is 0.414. The van der Waals surface area contributed by atoms with E-state index in [1.807, 2.05) is 31.2 Å². The van der Waals surface area contributed by atoms with Crippen molar-refractivity contribution in [1.29, 1.82) is 0 Å². The molecule has 0 spiro atoms. The average molecular weight is 264 g/mol. The zero-order valence-electron chi connectivity index (χ0n) is 7.63. The molecule has 13 heavy (non-hydrogen) atoms. The van der Waals surface area contributed by atoms with E-state index in [1.54, 1.807) is 7.11 Å². The Labute approximate surface area is 92.2 Å². The molecule has 1 aromatic carbocycles. The summed E-state index contributed by atoms with van der Waals surface area (Å²) < 4.78 is 5.05. The van der Waals surface area contributed by atoms with Crippen LogP contribution in [0.1, 0.15) is 17.9 Å². The minimum absolute atomic E-state index is 0.00547. The van der Waals surface area contributed by atoms with Crippen LogP contribution in [-0.4, -0.2) is 11.9 Å². The Hall–Kier alpha value is -0.210. The van der Waals surface area contributed by atoms with E-state index in [4.69, 9.17) is 16.3 Å². The summed E-state index contributed by atoms with van der Waals surface area (Å²) in [5.74, 6) is 0.856. The standard InChI is InChI=1S/C10H12BrClO/c1-7(11)10(12)8-3-5-9(13-2)6-4-8/h3-7,10H,1-2H3. The second kappa shape index (κ2) is 4.87. The minimum Gasteiger partial charge on any atom is -0.497 e. The van der Waals surface area contributed by atoms with Crippen molar-refractivity contribution in [2.24, 2.45) is 0 Å². The number of hydrogen-bond acceptors (Lipinski definition) is 1. The van der Waals surface area contributed by atoms with Crippen LogP contribution < -0.4 is 4.74 Å². The molecule has 0 N–H and O–H groups in total. The summed E-state index contributed by atoms with van der Waals surface area (Å²) in [5, 5.41) is 0.00547. The highest BCUT2D eigenvalue weighted by molar-refractivity contribution is 9.09. The van der Waals surface area contributed by atoms with E-state index in [9.17, 15) is 0 Å². The maximum absolute atomic E-state index is 6.15. The van der Waals surface area contributed by atoms with Gasteiger partial charge in [-0.2, -0.15) is 0 Å². The Bertz CT molecular complexity index is 258. The summed E-state index contributed by atoms with van der Waals surface area (Å²) in [6.45, 7) is 2.03. The molecular weight excluding hydrogens is 251 g/mol. The first-order valence-electron chi connectivity index (χ1n) is 4.07. The number of benzene rings is 1. The zero-order chi connectivity index (χ0) is 9.84. The molecule has 0 aliphatic heterocycles. The lowest BCUT2D eigenvalue weighted by atomic mass is 10.1. The fourth-order valence-corrected chi connectivity index (χ4v) is 1.50. The molecular formula is C10H12BrClO. The summed E-state index contributed by atoms with van der Waals surface area (Å²) in [4.78, 5) is 0.266. The van der Waals surface area contributed by atoms with E-state index in [0.717, 1.165) is 11.3 Å². The van der Waals surface area contributed by atoms with Crippen molar-refractivity contribution >= 4 is 27.5 Å². The molecule has 1 rings (SSSR count). The van der Waals surface area contributed by atoms with Crippen LogP contribution in [0.15, 0.2) is 24.3 Å². The molecule has 0 bridgehead atoms. The summed E-state index contributed by atoms with van der Waals surface area (Å²) in [5.41, 5.74) is 1.10. The first kappa shape index (κ1) is 10.9. The molecule has 3 heteroatoms. The lowest BCUT2D eigenvalue weighted by Crippen LogP contribution is -2.01. The molecule has 1 nitrogen and oxygen atoms in total. The third kappa shape index (κ3) is 2.89. The Kier molecular flexibility index (Phi) is 4.07. The van der Waals surface area contributed by atoms with Crippen LogP contribution in [0.5, 0.6) is 5.75 Å². The van der Waals surface area contributed by atoms with Crippen molar-refractivity contribution in [1.82, 2.24) is 0 Å². The quantitative estimate of drug-likeness (QED) is 0.755. The van der Waals surface area contributed by atoms with Gasteiger partial charge in [0, 0.05) is 4.83 Å². The third-order valence-electron chi connectivity index (χ3n) is 1.84. The maximum Gasteiger partial charge on any atom is 0.118 e. The number of alkyl halides is 2. The smallest absolute Gasteiger partial charge is 0.118 e.